The normalized spacial score (nSPS) is 23.4. The third-order valence-corrected chi connectivity index (χ3v) is 10.9. The van der Waals surface area contributed by atoms with Crippen molar-refractivity contribution in [2.45, 2.75) is 224 Å². The summed E-state index contributed by atoms with van der Waals surface area (Å²) in [6, 6.07) is 0. The molecule has 0 saturated heterocycles. The molecule has 0 amide bonds. The zero-order valence-corrected chi connectivity index (χ0v) is 33.7. The van der Waals surface area contributed by atoms with E-state index >= 15 is 0 Å². The van der Waals surface area contributed by atoms with Gasteiger partial charge < -0.3 is 39.9 Å². The number of esters is 2. The Hall–Kier alpha value is -1.15. The Kier molecular flexibility index (Phi) is 29.2. The molecule has 0 aromatic rings. The van der Waals surface area contributed by atoms with Crippen LogP contribution in [0.3, 0.4) is 0 Å². The molecule has 53 heavy (non-hydrogen) atoms. The van der Waals surface area contributed by atoms with Crippen LogP contribution in [0.4, 0.5) is 0 Å². The molecule has 0 aliphatic heterocycles. The number of aliphatic hydroxyl groups is 5. The van der Waals surface area contributed by atoms with Gasteiger partial charge in [0.05, 0.1) is 6.61 Å². The summed E-state index contributed by atoms with van der Waals surface area (Å²) in [4.78, 5) is 35.4. The molecule has 1 aliphatic rings. The van der Waals surface area contributed by atoms with Gasteiger partial charge in [0.15, 0.2) is 6.10 Å². The van der Waals surface area contributed by atoms with Crippen LogP contribution in [-0.2, 0) is 32.7 Å². The van der Waals surface area contributed by atoms with Gasteiger partial charge in [0.2, 0.25) is 0 Å². The summed E-state index contributed by atoms with van der Waals surface area (Å²) in [5, 5.41) is 49.9. The Morgan fingerprint density at radius 2 is 0.849 bits per heavy atom. The van der Waals surface area contributed by atoms with Crippen LogP contribution in [0.2, 0.25) is 0 Å². The van der Waals surface area contributed by atoms with E-state index in [0.29, 0.717) is 12.8 Å². The molecule has 1 rings (SSSR count). The first-order valence-corrected chi connectivity index (χ1v) is 22.3. The maximum absolute atomic E-state index is 12.7. The van der Waals surface area contributed by atoms with E-state index in [9.17, 15) is 44.6 Å². The van der Waals surface area contributed by atoms with Gasteiger partial charge in [-0.05, 0) is 12.8 Å². The predicted octanol–water partition coefficient (Wildman–Crippen LogP) is 6.94. The van der Waals surface area contributed by atoms with E-state index in [4.69, 9.17) is 18.5 Å². The van der Waals surface area contributed by atoms with E-state index in [0.717, 1.165) is 38.5 Å². The van der Waals surface area contributed by atoms with Gasteiger partial charge in [-0.15, -0.1) is 0 Å². The second-order valence-electron chi connectivity index (χ2n) is 14.9. The number of aliphatic hydroxyl groups excluding tert-OH is 5. The highest BCUT2D eigenvalue weighted by molar-refractivity contribution is 7.47. The third-order valence-electron chi connectivity index (χ3n) is 9.95. The number of phosphoric acid groups is 1. The lowest BCUT2D eigenvalue weighted by molar-refractivity contribution is -0.220. The van der Waals surface area contributed by atoms with Crippen molar-refractivity contribution >= 4 is 19.8 Å². The fourth-order valence-electron chi connectivity index (χ4n) is 6.52. The molecule has 0 spiro atoms. The van der Waals surface area contributed by atoms with Crippen LogP contribution in [-0.4, -0.2) is 98.3 Å². The van der Waals surface area contributed by atoms with Crippen molar-refractivity contribution in [2.75, 3.05) is 13.2 Å². The lowest BCUT2D eigenvalue weighted by atomic mass is 9.85. The van der Waals surface area contributed by atoms with Crippen molar-refractivity contribution in [2.24, 2.45) is 0 Å². The van der Waals surface area contributed by atoms with E-state index in [1.807, 2.05) is 0 Å². The summed E-state index contributed by atoms with van der Waals surface area (Å²) in [5.41, 5.74) is 0. The molecule has 6 atom stereocenters. The lowest BCUT2D eigenvalue weighted by Gasteiger charge is -2.41. The van der Waals surface area contributed by atoms with Crippen molar-refractivity contribution in [3.05, 3.63) is 0 Å². The Balaban J connectivity index is 2.49. The molecule has 14 heteroatoms. The van der Waals surface area contributed by atoms with E-state index < -0.39 is 75.7 Å². The molecule has 1 aliphatic carbocycles. The second-order valence-corrected chi connectivity index (χ2v) is 16.3. The van der Waals surface area contributed by atoms with Gasteiger partial charge in [-0.1, -0.05) is 155 Å². The average molecular weight is 783 g/mol. The number of phosphoric ester groups is 1. The number of rotatable bonds is 34. The minimum absolute atomic E-state index is 0.104. The summed E-state index contributed by atoms with van der Waals surface area (Å²) in [6.45, 7) is 3.26. The van der Waals surface area contributed by atoms with Crippen LogP contribution in [0.15, 0.2) is 0 Å². The first-order chi connectivity index (χ1) is 25.4. The molecular weight excluding hydrogens is 707 g/mol. The molecule has 0 heterocycles. The van der Waals surface area contributed by atoms with Gasteiger partial charge in [-0.3, -0.25) is 18.6 Å². The Bertz CT molecular complexity index is 954. The van der Waals surface area contributed by atoms with Crippen LogP contribution in [0.1, 0.15) is 181 Å². The largest absolute Gasteiger partial charge is 0.472 e. The maximum atomic E-state index is 12.7. The number of carbonyl (C=O) groups excluding carboxylic acids is 2. The van der Waals surface area contributed by atoms with Gasteiger partial charge in [0.1, 0.15) is 43.2 Å². The summed E-state index contributed by atoms with van der Waals surface area (Å²) < 4.78 is 33.4. The Labute approximate surface area is 319 Å². The van der Waals surface area contributed by atoms with Gasteiger partial charge in [0, 0.05) is 12.8 Å². The minimum atomic E-state index is -5.10. The fraction of sp³-hybridized carbons (Fsp3) is 0.949. The second kappa shape index (κ2) is 31.0. The average Bonchev–Trinajstić information content (AvgIpc) is 3.13. The maximum Gasteiger partial charge on any atom is 0.472 e. The van der Waals surface area contributed by atoms with Crippen molar-refractivity contribution in [3.8, 4) is 0 Å². The molecular formula is C39H75O13P. The summed E-state index contributed by atoms with van der Waals surface area (Å²) >= 11 is 0. The van der Waals surface area contributed by atoms with Gasteiger partial charge in [0.25, 0.3) is 0 Å². The molecule has 0 radical (unpaired) electrons. The van der Waals surface area contributed by atoms with Crippen molar-refractivity contribution in [3.63, 3.8) is 0 Å². The molecule has 6 unspecified atom stereocenters. The standard InChI is InChI=1S/C39H75O13P/c1-3-5-7-9-11-13-14-15-16-17-18-20-22-24-26-28-33(41)51-31(29-49-32(40)27-25-23-21-19-12-10-8-6-4-2)30-50-53(47,48)52-39-37(45)35(43)34(42)36(44)38(39)46/h31,34-39,42-46H,3-30H2,1-2H3,(H,47,48). The number of unbranched alkanes of at least 4 members (excludes halogenated alkanes) is 22. The fourth-order valence-corrected chi connectivity index (χ4v) is 7.50. The molecule has 0 aromatic heterocycles. The van der Waals surface area contributed by atoms with E-state index in [1.165, 1.54) is 103 Å². The van der Waals surface area contributed by atoms with E-state index in [2.05, 4.69) is 13.8 Å². The lowest BCUT2D eigenvalue weighted by Crippen LogP contribution is -2.64. The van der Waals surface area contributed by atoms with Crippen LogP contribution < -0.4 is 0 Å². The number of hydrogen-bond donors (Lipinski definition) is 6. The molecule has 1 saturated carbocycles. The van der Waals surface area contributed by atoms with Crippen LogP contribution in [0.5, 0.6) is 0 Å². The molecule has 314 valence electrons. The molecule has 6 N–H and O–H groups in total. The number of carbonyl (C=O) groups is 2. The zero-order chi connectivity index (χ0) is 39.3. The number of ether oxygens (including phenoxy) is 2. The highest BCUT2D eigenvalue weighted by atomic mass is 31.2. The molecule has 1 fully saturated rings. The molecule has 0 aromatic carbocycles. The van der Waals surface area contributed by atoms with Crippen LogP contribution >= 0.6 is 7.82 Å². The predicted molar refractivity (Wildman–Crippen MR) is 203 cm³/mol. The SMILES string of the molecule is CCCCCCCCCCCCCCCCCC(=O)OC(COC(=O)CCCCCCCCCCC)COP(=O)(O)OC1C(O)C(O)C(O)C(O)C1O. The van der Waals surface area contributed by atoms with Gasteiger partial charge in [-0.2, -0.15) is 0 Å². The monoisotopic (exact) mass is 782 g/mol. The first kappa shape index (κ1) is 49.9. The first-order valence-electron chi connectivity index (χ1n) is 20.8. The summed E-state index contributed by atoms with van der Waals surface area (Å²) in [7, 11) is -5.10. The smallest absolute Gasteiger partial charge is 0.462 e. The molecule has 13 nitrogen and oxygen atoms in total. The topological polar surface area (TPSA) is 210 Å². The van der Waals surface area contributed by atoms with Gasteiger partial charge >= 0.3 is 19.8 Å². The zero-order valence-electron chi connectivity index (χ0n) is 32.8. The van der Waals surface area contributed by atoms with Crippen LogP contribution in [0.25, 0.3) is 0 Å². The van der Waals surface area contributed by atoms with Crippen molar-refractivity contribution in [1.29, 1.82) is 0 Å². The quantitative estimate of drug-likeness (QED) is 0.0222. The number of hydrogen-bond acceptors (Lipinski definition) is 12. The molecule has 0 bridgehead atoms. The summed E-state index contributed by atoms with van der Waals surface area (Å²) in [5.74, 6) is -1.09. The van der Waals surface area contributed by atoms with Crippen LogP contribution in [0, 0.1) is 0 Å². The Morgan fingerprint density at radius 3 is 1.25 bits per heavy atom. The van der Waals surface area contributed by atoms with Gasteiger partial charge in [-0.25, -0.2) is 4.57 Å². The van der Waals surface area contributed by atoms with E-state index in [1.54, 1.807) is 0 Å². The highest BCUT2D eigenvalue weighted by Crippen LogP contribution is 2.47. The van der Waals surface area contributed by atoms with Crippen molar-refractivity contribution in [1.82, 2.24) is 0 Å². The Morgan fingerprint density at radius 1 is 0.509 bits per heavy atom. The van der Waals surface area contributed by atoms with Crippen molar-refractivity contribution < 1.29 is 63.1 Å². The van der Waals surface area contributed by atoms with E-state index in [-0.39, 0.29) is 12.8 Å². The third kappa shape index (κ3) is 24.2. The minimum Gasteiger partial charge on any atom is -0.462 e. The highest BCUT2D eigenvalue weighted by Gasteiger charge is 2.51. The summed E-state index contributed by atoms with van der Waals surface area (Å²) in [6.07, 6.45) is 14.7.